The van der Waals surface area contributed by atoms with Crippen molar-refractivity contribution in [2.24, 2.45) is 0 Å². The van der Waals surface area contributed by atoms with E-state index in [4.69, 9.17) is 11.6 Å². The highest BCUT2D eigenvalue weighted by Gasteiger charge is 2.32. The lowest BCUT2D eigenvalue weighted by Crippen LogP contribution is -2.23. The van der Waals surface area contributed by atoms with Crippen molar-refractivity contribution in [1.82, 2.24) is 29.4 Å². The number of pyridine rings is 2. The molecule has 0 spiro atoms. The highest BCUT2D eigenvalue weighted by atomic mass is 35.5. The molecule has 4 heterocycles. The predicted octanol–water partition coefficient (Wildman–Crippen LogP) is 4.87. The number of halogens is 5. The molecule has 0 aliphatic heterocycles. The van der Waals surface area contributed by atoms with Crippen LogP contribution in [0.5, 0.6) is 0 Å². The predicted molar refractivity (Wildman–Crippen MR) is 119 cm³/mol. The fraction of sp³-hybridized carbons (Fsp3) is 0.0870. The van der Waals surface area contributed by atoms with Crippen LogP contribution in [0.25, 0.3) is 27.9 Å². The third-order valence-electron chi connectivity index (χ3n) is 5.21. The van der Waals surface area contributed by atoms with E-state index in [1.54, 1.807) is 24.3 Å². The Morgan fingerprint density at radius 2 is 1.71 bits per heavy atom. The molecular weight excluding hydrogens is 488 g/mol. The summed E-state index contributed by atoms with van der Waals surface area (Å²) in [5.41, 5.74) is 0.774. The number of alkyl halides is 3. The van der Waals surface area contributed by atoms with Gasteiger partial charge in [-0.2, -0.15) is 22.8 Å². The average Bonchev–Trinajstić information content (AvgIpc) is 3.14. The minimum atomic E-state index is -4.58. The number of aromatic nitrogens is 6. The molecule has 176 valence electrons. The van der Waals surface area contributed by atoms with Crippen LogP contribution in [0, 0.1) is 5.82 Å². The molecule has 0 bridgehead atoms. The van der Waals surface area contributed by atoms with Gasteiger partial charge in [-0.1, -0.05) is 29.8 Å². The Morgan fingerprint density at radius 1 is 0.943 bits per heavy atom. The van der Waals surface area contributed by atoms with Crippen molar-refractivity contribution in [3.05, 3.63) is 99.8 Å². The molecule has 0 unspecified atom stereocenters. The summed E-state index contributed by atoms with van der Waals surface area (Å²) in [6.07, 6.45) is 0.383. The molecule has 0 radical (unpaired) electrons. The monoisotopic (exact) mass is 500 g/mol. The van der Waals surface area contributed by atoms with Gasteiger partial charge in [0.25, 0.3) is 0 Å². The van der Waals surface area contributed by atoms with E-state index in [1.807, 2.05) is 0 Å². The van der Waals surface area contributed by atoms with Gasteiger partial charge in [0.2, 0.25) is 0 Å². The highest BCUT2D eigenvalue weighted by molar-refractivity contribution is 6.30. The zero-order valence-electron chi connectivity index (χ0n) is 17.5. The number of fused-ring (bicyclic) bond motifs is 1. The molecule has 0 amide bonds. The summed E-state index contributed by atoms with van der Waals surface area (Å²) in [6, 6.07) is 10.1. The van der Waals surface area contributed by atoms with E-state index in [0.29, 0.717) is 32.8 Å². The zero-order valence-corrected chi connectivity index (χ0v) is 18.3. The summed E-state index contributed by atoms with van der Waals surface area (Å²) in [4.78, 5) is 20.3. The Labute approximate surface area is 199 Å². The Bertz CT molecular complexity index is 1590. The second-order valence-electron chi connectivity index (χ2n) is 7.56. The molecule has 7 nitrogen and oxygen atoms in total. The van der Waals surface area contributed by atoms with Crippen molar-refractivity contribution in [2.45, 2.75) is 12.7 Å². The Hall–Kier alpha value is -4.12. The lowest BCUT2D eigenvalue weighted by molar-refractivity contribution is -0.141. The fourth-order valence-electron chi connectivity index (χ4n) is 3.60. The number of benzene rings is 1. The van der Waals surface area contributed by atoms with Crippen molar-refractivity contribution in [3.8, 4) is 22.3 Å². The lowest BCUT2D eigenvalue weighted by atomic mass is 9.98. The standard InChI is InChI=1S/C23H13ClF4N6O/c24-16-4-2-14(3-5-16)18-11-31-34-21(20(18)15-7-17(25)10-29-9-15)32-33(22(34)35)12-13-1-6-19(30-8-13)23(26,27)28/h1-11H,12H2. The summed E-state index contributed by atoms with van der Waals surface area (Å²) >= 11 is 6.00. The third-order valence-corrected chi connectivity index (χ3v) is 5.46. The normalized spacial score (nSPS) is 11.8. The lowest BCUT2D eigenvalue weighted by Gasteiger charge is -2.10. The fourth-order valence-corrected chi connectivity index (χ4v) is 3.73. The molecule has 12 heteroatoms. The van der Waals surface area contributed by atoms with Crippen molar-refractivity contribution >= 4 is 17.2 Å². The Kier molecular flexibility index (Phi) is 5.56. The van der Waals surface area contributed by atoms with E-state index in [0.717, 1.165) is 27.7 Å². The number of hydrogen-bond acceptors (Lipinski definition) is 5. The van der Waals surface area contributed by atoms with Crippen molar-refractivity contribution in [2.75, 3.05) is 0 Å². The summed E-state index contributed by atoms with van der Waals surface area (Å²) in [7, 11) is 0. The minimum Gasteiger partial charge on any atom is -0.261 e. The molecule has 1 aromatic carbocycles. The third kappa shape index (κ3) is 4.37. The molecule has 0 aliphatic rings. The Balaban J connectivity index is 1.67. The van der Waals surface area contributed by atoms with E-state index in [9.17, 15) is 22.4 Å². The first-order chi connectivity index (χ1) is 16.7. The van der Waals surface area contributed by atoms with E-state index in [2.05, 4.69) is 20.2 Å². The second kappa shape index (κ2) is 8.58. The van der Waals surface area contributed by atoms with Crippen LogP contribution in [0.3, 0.4) is 0 Å². The first-order valence-electron chi connectivity index (χ1n) is 10.1. The molecule has 35 heavy (non-hydrogen) atoms. The first-order valence-corrected chi connectivity index (χ1v) is 10.5. The first kappa shape index (κ1) is 22.7. The summed E-state index contributed by atoms with van der Waals surface area (Å²) < 4.78 is 54.6. The summed E-state index contributed by atoms with van der Waals surface area (Å²) in [6.45, 7) is -0.148. The molecule has 4 aromatic heterocycles. The van der Waals surface area contributed by atoms with E-state index < -0.39 is 23.4 Å². The van der Waals surface area contributed by atoms with Gasteiger partial charge >= 0.3 is 11.9 Å². The van der Waals surface area contributed by atoms with Gasteiger partial charge in [0, 0.05) is 34.1 Å². The van der Waals surface area contributed by atoms with Gasteiger partial charge in [-0.25, -0.2) is 13.9 Å². The second-order valence-corrected chi connectivity index (χ2v) is 7.99. The van der Waals surface area contributed by atoms with Crippen molar-refractivity contribution < 1.29 is 17.6 Å². The van der Waals surface area contributed by atoms with Crippen molar-refractivity contribution in [3.63, 3.8) is 0 Å². The minimum absolute atomic E-state index is 0.120. The molecule has 0 N–H and O–H groups in total. The summed E-state index contributed by atoms with van der Waals surface area (Å²) in [5.74, 6) is -0.586. The van der Waals surface area contributed by atoms with Gasteiger partial charge in [-0.05, 0) is 35.4 Å². The van der Waals surface area contributed by atoms with Crippen molar-refractivity contribution in [1.29, 1.82) is 0 Å². The largest absolute Gasteiger partial charge is 0.433 e. The number of hydrogen-bond donors (Lipinski definition) is 0. The van der Waals surface area contributed by atoms with Crippen LogP contribution in [0.1, 0.15) is 11.3 Å². The molecule has 5 rings (SSSR count). The maximum atomic E-state index is 14.1. The maximum absolute atomic E-state index is 14.1. The smallest absolute Gasteiger partial charge is 0.261 e. The van der Waals surface area contributed by atoms with Crippen LogP contribution in [0.2, 0.25) is 5.02 Å². The van der Waals surface area contributed by atoms with Crippen LogP contribution in [-0.2, 0) is 12.7 Å². The summed E-state index contributed by atoms with van der Waals surface area (Å²) in [5, 5.41) is 9.09. The van der Waals surface area contributed by atoms with Gasteiger partial charge in [0.05, 0.1) is 18.9 Å². The number of rotatable bonds is 4. The highest BCUT2D eigenvalue weighted by Crippen LogP contribution is 2.34. The molecule has 0 aliphatic carbocycles. The average molecular weight is 501 g/mol. The van der Waals surface area contributed by atoms with E-state index in [-0.39, 0.29) is 12.2 Å². The van der Waals surface area contributed by atoms with Gasteiger partial charge in [-0.3, -0.25) is 9.97 Å². The van der Waals surface area contributed by atoms with E-state index >= 15 is 0 Å². The van der Waals surface area contributed by atoms with E-state index in [1.165, 1.54) is 24.5 Å². The SMILES string of the molecule is O=c1n(Cc2ccc(C(F)(F)F)nc2)nc2c(-c3cncc(F)c3)c(-c3ccc(Cl)cc3)cnn12. The zero-order chi connectivity index (χ0) is 24.7. The van der Waals surface area contributed by atoms with Crippen LogP contribution in [-0.4, -0.2) is 29.4 Å². The Morgan fingerprint density at radius 3 is 2.37 bits per heavy atom. The molecule has 5 aromatic rings. The van der Waals surface area contributed by atoms with Gasteiger partial charge in [-0.15, -0.1) is 5.10 Å². The van der Waals surface area contributed by atoms with Crippen LogP contribution < -0.4 is 5.69 Å². The van der Waals surface area contributed by atoms with Crippen LogP contribution in [0.4, 0.5) is 17.6 Å². The van der Waals surface area contributed by atoms with Crippen LogP contribution >= 0.6 is 11.6 Å². The van der Waals surface area contributed by atoms with Gasteiger partial charge in [0.1, 0.15) is 11.5 Å². The maximum Gasteiger partial charge on any atom is 0.433 e. The van der Waals surface area contributed by atoms with Gasteiger partial charge in [0.15, 0.2) is 5.65 Å². The molecule has 0 saturated heterocycles. The quantitative estimate of drug-likeness (QED) is 0.329. The molecular formula is C23H13ClF4N6O. The van der Waals surface area contributed by atoms with Crippen LogP contribution in [0.15, 0.2) is 72.0 Å². The molecule has 0 atom stereocenters. The molecule has 0 fully saturated rings. The topological polar surface area (TPSA) is 78.0 Å². The van der Waals surface area contributed by atoms with Gasteiger partial charge < -0.3 is 0 Å². The number of nitrogens with zero attached hydrogens (tertiary/aromatic N) is 6. The molecule has 0 saturated carbocycles.